The van der Waals surface area contributed by atoms with Crippen LogP contribution in [-0.2, 0) is 13.1 Å². The summed E-state index contributed by atoms with van der Waals surface area (Å²) in [6, 6.07) is 15.9. The molecule has 29 heavy (non-hydrogen) atoms. The summed E-state index contributed by atoms with van der Waals surface area (Å²) in [5.41, 5.74) is 3.59. The van der Waals surface area contributed by atoms with Crippen LogP contribution in [0, 0.1) is 6.92 Å². The normalized spacial score (nSPS) is 14.7. The molecule has 1 aliphatic rings. The van der Waals surface area contributed by atoms with Crippen molar-refractivity contribution in [3.05, 3.63) is 83.6 Å². The second-order valence-electron chi connectivity index (χ2n) is 7.36. The molecule has 0 spiro atoms. The largest absolute Gasteiger partial charge is 0.455 e. The van der Waals surface area contributed by atoms with E-state index in [1.54, 1.807) is 18.5 Å². The molecular weight excluding hydrogens is 364 g/mol. The Kier molecular flexibility index (Phi) is 5.91. The molecule has 6 nitrogen and oxygen atoms in total. The number of hydrogen-bond acceptors (Lipinski definition) is 5. The van der Waals surface area contributed by atoms with Crippen LogP contribution in [0.4, 0.5) is 5.69 Å². The summed E-state index contributed by atoms with van der Waals surface area (Å²) in [6.07, 6.45) is 3.45. The van der Waals surface area contributed by atoms with Gasteiger partial charge in [-0.25, -0.2) is 0 Å². The van der Waals surface area contributed by atoms with Crippen molar-refractivity contribution in [2.45, 2.75) is 20.0 Å². The Morgan fingerprint density at radius 3 is 2.66 bits per heavy atom. The number of hydrogen-bond donors (Lipinski definition) is 1. The lowest BCUT2D eigenvalue weighted by atomic mass is 10.1. The summed E-state index contributed by atoms with van der Waals surface area (Å²) >= 11 is 0. The number of para-hydroxylation sites is 1. The van der Waals surface area contributed by atoms with Crippen LogP contribution in [0.5, 0.6) is 0 Å². The Morgan fingerprint density at radius 2 is 1.90 bits per heavy atom. The van der Waals surface area contributed by atoms with Crippen LogP contribution < -0.4 is 10.2 Å². The average Bonchev–Trinajstić information content (AvgIpc) is 3.22. The smallest absolute Gasteiger partial charge is 0.287 e. The fourth-order valence-electron chi connectivity index (χ4n) is 3.64. The topological polar surface area (TPSA) is 61.6 Å². The van der Waals surface area contributed by atoms with Crippen LogP contribution in [0.1, 0.15) is 27.4 Å². The number of benzene rings is 1. The van der Waals surface area contributed by atoms with Crippen molar-refractivity contribution < 1.29 is 9.21 Å². The maximum absolute atomic E-state index is 12.3. The van der Waals surface area contributed by atoms with Gasteiger partial charge in [0.1, 0.15) is 5.76 Å². The summed E-state index contributed by atoms with van der Waals surface area (Å²) in [7, 11) is 0. The molecule has 6 heteroatoms. The maximum atomic E-state index is 12.3. The molecule has 1 saturated heterocycles. The van der Waals surface area contributed by atoms with Crippen LogP contribution in [0.15, 0.2) is 65.3 Å². The molecule has 0 bridgehead atoms. The van der Waals surface area contributed by atoms with Crippen LogP contribution >= 0.6 is 0 Å². The lowest BCUT2D eigenvalue weighted by Crippen LogP contribution is -2.46. The Labute approximate surface area is 171 Å². The van der Waals surface area contributed by atoms with Gasteiger partial charge in [-0.2, -0.15) is 0 Å². The van der Waals surface area contributed by atoms with E-state index in [4.69, 9.17) is 4.42 Å². The third kappa shape index (κ3) is 4.84. The first-order valence-electron chi connectivity index (χ1n) is 9.98. The summed E-state index contributed by atoms with van der Waals surface area (Å²) < 4.78 is 5.78. The number of aryl methyl sites for hydroxylation is 1. The van der Waals surface area contributed by atoms with Gasteiger partial charge in [0, 0.05) is 50.8 Å². The predicted octanol–water partition coefficient (Wildman–Crippen LogP) is 3.24. The number of nitrogens with one attached hydrogen (secondary N) is 1. The highest BCUT2D eigenvalue weighted by atomic mass is 16.4. The molecule has 2 aromatic heterocycles. The SMILES string of the molecule is Cc1ccccc1N1CCN(Cc2ccc(C(=O)NCc3cccnc3)o2)CC1. The van der Waals surface area contributed by atoms with E-state index in [9.17, 15) is 4.79 Å². The van der Waals surface area contributed by atoms with Crippen molar-refractivity contribution in [1.82, 2.24) is 15.2 Å². The van der Waals surface area contributed by atoms with Gasteiger partial charge in [0.25, 0.3) is 5.91 Å². The molecule has 4 rings (SSSR count). The first kappa shape index (κ1) is 19.2. The number of furan rings is 1. The maximum Gasteiger partial charge on any atom is 0.287 e. The predicted molar refractivity (Wildman–Crippen MR) is 113 cm³/mol. The van der Waals surface area contributed by atoms with E-state index >= 15 is 0 Å². The Bertz CT molecular complexity index is 946. The quantitative estimate of drug-likeness (QED) is 0.700. The highest BCUT2D eigenvalue weighted by Gasteiger charge is 2.20. The van der Waals surface area contributed by atoms with E-state index in [2.05, 4.69) is 51.3 Å². The van der Waals surface area contributed by atoms with Gasteiger partial charge in [-0.3, -0.25) is 14.7 Å². The highest BCUT2D eigenvalue weighted by Crippen LogP contribution is 2.21. The summed E-state index contributed by atoms with van der Waals surface area (Å²) in [4.78, 5) is 21.2. The molecule has 3 aromatic rings. The second-order valence-corrected chi connectivity index (χ2v) is 7.36. The third-order valence-electron chi connectivity index (χ3n) is 5.27. The van der Waals surface area contributed by atoms with E-state index in [1.807, 2.05) is 18.2 Å². The molecule has 0 unspecified atom stereocenters. The number of aromatic nitrogens is 1. The van der Waals surface area contributed by atoms with Gasteiger partial charge in [0.15, 0.2) is 5.76 Å². The van der Waals surface area contributed by atoms with E-state index in [-0.39, 0.29) is 5.91 Å². The molecule has 0 radical (unpaired) electrons. The molecule has 1 N–H and O–H groups in total. The molecule has 1 aromatic carbocycles. The van der Waals surface area contributed by atoms with Crippen LogP contribution in [-0.4, -0.2) is 42.0 Å². The molecule has 0 aliphatic carbocycles. The molecule has 150 valence electrons. The standard InChI is InChI=1S/C23H26N4O2/c1-18-5-2-3-7-21(18)27-13-11-26(12-14-27)17-20-8-9-22(29-20)23(28)25-16-19-6-4-10-24-15-19/h2-10,15H,11-14,16-17H2,1H3,(H,25,28). The lowest BCUT2D eigenvalue weighted by molar-refractivity contribution is 0.0919. The summed E-state index contributed by atoms with van der Waals surface area (Å²) in [6.45, 7) is 7.23. The Morgan fingerprint density at radius 1 is 1.07 bits per heavy atom. The highest BCUT2D eigenvalue weighted by molar-refractivity contribution is 5.91. The lowest BCUT2D eigenvalue weighted by Gasteiger charge is -2.36. The fourth-order valence-corrected chi connectivity index (χ4v) is 3.64. The third-order valence-corrected chi connectivity index (χ3v) is 5.27. The van der Waals surface area contributed by atoms with E-state index in [1.165, 1.54) is 11.3 Å². The zero-order valence-corrected chi connectivity index (χ0v) is 16.7. The monoisotopic (exact) mass is 390 g/mol. The van der Waals surface area contributed by atoms with E-state index in [0.717, 1.165) is 44.0 Å². The van der Waals surface area contributed by atoms with Gasteiger partial charge in [0.2, 0.25) is 0 Å². The first-order chi connectivity index (χ1) is 14.2. The number of pyridine rings is 1. The van der Waals surface area contributed by atoms with Crippen LogP contribution in [0.25, 0.3) is 0 Å². The number of piperazine rings is 1. The van der Waals surface area contributed by atoms with Gasteiger partial charge in [-0.05, 0) is 42.3 Å². The summed E-state index contributed by atoms with van der Waals surface area (Å²) in [5, 5.41) is 2.87. The molecule has 1 aliphatic heterocycles. The van der Waals surface area contributed by atoms with Gasteiger partial charge in [-0.1, -0.05) is 24.3 Å². The second kappa shape index (κ2) is 8.92. The van der Waals surface area contributed by atoms with Crippen molar-refractivity contribution in [2.75, 3.05) is 31.1 Å². The minimum atomic E-state index is -0.204. The molecule has 0 saturated carbocycles. The number of nitrogens with zero attached hydrogens (tertiary/aromatic N) is 3. The van der Waals surface area contributed by atoms with Gasteiger partial charge in [0.05, 0.1) is 6.54 Å². The number of carbonyl (C=O) groups is 1. The zero-order valence-electron chi connectivity index (χ0n) is 16.7. The van der Waals surface area contributed by atoms with Crippen LogP contribution in [0.2, 0.25) is 0 Å². The number of anilines is 1. The van der Waals surface area contributed by atoms with Crippen molar-refractivity contribution in [3.8, 4) is 0 Å². The Balaban J connectivity index is 1.27. The average molecular weight is 390 g/mol. The van der Waals surface area contributed by atoms with Gasteiger partial charge < -0.3 is 14.6 Å². The van der Waals surface area contributed by atoms with Crippen molar-refractivity contribution in [1.29, 1.82) is 0 Å². The minimum Gasteiger partial charge on any atom is -0.455 e. The number of amides is 1. The van der Waals surface area contributed by atoms with E-state index < -0.39 is 0 Å². The van der Waals surface area contributed by atoms with Gasteiger partial charge >= 0.3 is 0 Å². The first-order valence-corrected chi connectivity index (χ1v) is 9.98. The van der Waals surface area contributed by atoms with Crippen molar-refractivity contribution in [3.63, 3.8) is 0 Å². The molecule has 3 heterocycles. The van der Waals surface area contributed by atoms with Crippen LogP contribution in [0.3, 0.4) is 0 Å². The molecule has 1 amide bonds. The number of carbonyl (C=O) groups excluding carboxylic acids is 1. The molecule has 1 fully saturated rings. The molecule has 0 atom stereocenters. The zero-order chi connectivity index (χ0) is 20.1. The van der Waals surface area contributed by atoms with Crippen molar-refractivity contribution >= 4 is 11.6 Å². The van der Waals surface area contributed by atoms with Gasteiger partial charge in [-0.15, -0.1) is 0 Å². The minimum absolute atomic E-state index is 0.204. The molecular formula is C23H26N4O2. The fraction of sp³-hybridized carbons (Fsp3) is 0.304. The number of rotatable bonds is 6. The Hall–Kier alpha value is -3.12. The van der Waals surface area contributed by atoms with Crippen molar-refractivity contribution in [2.24, 2.45) is 0 Å². The van der Waals surface area contributed by atoms with E-state index in [0.29, 0.717) is 12.3 Å². The summed E-state index contributed by atoms with van der Waals surface area (Å²) in [5.74, 6) is 0.966.